The van der Waals surface area contributed by atoms with Crippen molar-refractivity contribution in [3.8, 4) is 11.4 Å². The first-order valence-electron chi connectivity index (χ1n) is 12.2. The average molecular weight is 543 g/mol. The first-order valence-corrected chi connectivity index (χ1v) is 13.1. The van der Waals surface area contributed by atoms with E-state index in [4.69, 9.17) is 0 Å². The summed E-state index contributed by atoms with van der Waals surface area (Å²) < 4.78 is 42.4. The van der Waals surface area contributed by atoms with Crippen LogP contribution in [-0.4, -0.2) is 46.4 Å². The van der Waals surface area contributed by atoms with Crippen LogP contribution in [0.1, 0.15) is 55.7 Å². The van der Waals surface area contributed by atoms with Gasteiger partial charge < -0.3 is 5.32 Å². The molecule has 13 heteroatoms. The number of hydrogen-bond donors (Lipinski definition) is 1. The summed E-state index contributed by atoms with van der Waals surface area (Å²) in [6.07, 6.45) is 1.72. The van der Waals surface area contributed by atoms with Crippen LogP contribution in [0.3, 0.4) is 0 Å². The number of nitrogens with zero attached hydrogens (tertiary/aromatic N) is 7. The Morgan fingerprint density at radius 1 is 1.13 bits per heavy atom. The highest BCUT2D eigenvalue weighted by atomic mass is 32.2. The molecule has 198 valence electrons. The highest BCUT2D eigenvalue weighted by Crippen LogP contribution is 2.43. The van der Waals surface area contributed by atoms with Gasteiger partial charge in [-0.15, -0.1) is 11.8 Å². The van der Waals surface area contributed by atoms with Crippen LogP contribution in [0.2, 0.25) is 0 Å². The fourth-order valence-electron chi connectivity index (χ4n) is 4.12. The van der Waals surface area contributed by atoms with Gasteiger partial charge in [0.2, 0.25) is 0 Å². The number of anilines is 1. The fourth-order valence-corrected chi connectivity index (χ4v) is 4.74. The number of halogens is 3. The number of aromatic nitrogens is 7. The first kappa shape index (κ1) is 26.0. The van der Waals surface area contributed by atoms with E-state index < -0.39 is 17.8 Å². The molecule has 1 fully saturated rings. The minimum Gasteiger partial charge on any atom is -0.360 e. The van der Waals surface area contributed by atoms with Gasteiger partial charge in [-0.05, 0) is 44.6 Å². The van der Waals surface area contributed by atoms with Gasteiger partial charge in [0.05, 0.1) is 35.4 Å². The lowest BCUT2D eigenvalue weighted by Gasteiger charge is -2.21. The topological polar surface area (TPSA) is 111 Å². The molecule has 0 spiro atoms. The van der Waals surface area contributed by atoms with Crippen LogP contribution in [0.4, 0.5) is 19.0 Å². The Kier molecular flexibility index (Phi) is 7.03. The Balaban J connectivity index is 1.59. The largest absolute Gasteiger partial charge is 0.409 e. The van der Waals surface area contributed by atoms with Gasteiger partial charge in [-0.25, -0.2) is 24.9 Å². The second kappa shape index (κ2) is 10.3. The Labute approximate surface area is 220 Å². The number of aryl methyl sites for hydroxylation is 1. The first-order chi connectivity index (χ1) is 18.2. The SMILES string of the molecule is CCSc1ccc(CNc2nc3cnc(-c4c(C)ncnc4C4CC4)nc3n([C@@H](C)C(F)(F)F)c2=O)nc1. The standard InChI is InChI=1S/C25H25F3N8OS/c1-4-38-17-8-7-16(29-10-17)9-30-22-24(37)36(14(3)25(26,27)28)23-18(34-22)11-31-21(35-23)19-13(2)32-12-33-20(19)15-5-6-15/h7-8,10-12,14-15H,4-6,9H2,1-3H3,(H,30,34)/t14-/m0/s1. The van der Waals surface area contributed by atoms with Crippen molar-refractivity contribution in [1.82, 2.24) is 34.5 Å². The van der Waals surface area contributed by atoms with E-state index in [1.165, 1.54) is 12.5 Å². The minimum absolute atomic E-state index is 0.0528. The summed E-state index contributed by atoms with van der Waals surface area (Å²) in [5, 5.41) is 2.85. The van der Waals surface area contributed by atoms with Gasteiger partial charge in [0.25, 0.3) is 5.56 Å². The third kappa shape index (κ3) is 5.19. The lowest BCUT2D eigenvalue weighted by atomic mass is 10.1. The Morgan fingerprint density at radius 2 is 1.92 bits per heavy atom. The summed E-state index contributed by atoms with van der Waals surface area (Å²) in [5.74, 6) is 1.06. The molecule has 1 aliphatic rings. The van der Waals surface area contributed by atoms with Crippen molar-refractivity contribution in [2.24, 2.45) is 0 Å². The molecule has 0 saturated heterocycles. The van der Waals surface area contributed by atoms with Crippen LogP contribution < -0.4 is 10.9 Å². The van der Waals surface area contributed by atoms with Gasteiger partial charge in [0.15, 0.2) is 17.3 Å². The third-order valence-electron chi connectivity index (χ3n) is 6.29. The zero-order valence-electron chi connectivity index (χ0n) is 21.0. The molecule has 4 heterocycles. The molecule has 5 rings (SSSR count). The summed E-state index contributed by atoms with van der Waals surface area (Å²) in [6, 6.07) is 1.54. The maximum atomic E-state index is 13.9. The molecule has 1 atom stereocenters. The van der Waals surface area contributed by atoms with E-state index in [1.807, 2.05) is 13.0 Å². The molecular weight excluding hydrogens is 517 g/mol. The van der Waals surface area contributed by atoms with E-state index in [0.29, 0.717) is 21.5 Å². The highest BCUT2D eigenvalue weighted by Gasteiger charge is 2.40. The maximum absolute atomic E-state index is 13.9. The van der Waals surface area contributed by atoms with Crippen molar-refractivity contribution in [2.45, 2.75) is 63.2 Å². The molecule has 0 aromatic carbocycles. The number of nitrogens with one attached hydrogen (secondary N) is 1. The van der Waals surface area contributed by atoms with Crippen LogP contribution in [0.15, 0.2) is 40.5 Å². The van der Waals surface area contributed by atoms with E-state index in [0.717, 1.165) is 36.1 Å². The van der Waals surface area contributed by atoms with Gasteiger partial charge >= 0.3 is 6.18 Å². The summed E-state index contributed by atoms with van der Waals surface area (Å²) in [4.78, 5) is 40.4. The Bertz CT molecular complexity index is 1540. The van der Waals surface area contributed by atoms with Crippen LogP contribution in [0, 0.1) is 6.92 Å². The quantitative estimate of drug-likeness (QED) is 0.305. The summed E-state index contributed by atoms with van der Waals surface area (Å²) in [7, 11) is 0. The molecule has 9 nitrogen and oxygen atoms in total. The molecule has 0 amide bonds. The number of fused-ring (bicyclic) bond motifs is 1. The summed E-state index contributed by atoms with van der Waals surface area (Å²) >= 11 is 1.64. The second-order valence-corrected chi connectivity index (χ2v) is 10.4. The van der Waals surface area contributed by atoms with Gasteiger partial charge in [0.1, 0.15) is 17.9 Å². The van der Waals surface area contributed by atoms with Gasteiger partial charge in [-0.1, -0.05) is 6.92 Å². The average Bonchev–Trinajstić information content (AvgIpc) is 3.73. The van der Waals surface area contributed by atoms with Crippen molar-refractivity contribution >= 4 is 28.7 Å². The van der Waals surface area contributed by atoms with E-state index in [1.54, 1.807) is 30.9 Å². The van der Waals surface area contributed by atoms with Crippen molar-refractivity contribution < 1.29 is 13.2 Å². The second-order valence-electron chi connectivity index (χ2n) is 9.02. The number of thioether (sulfide) groups is 1. The minimum atomic E-state index is -4.69. The predicted molar refractivity (Wildman–Crippen MR) is 138 cm³/mol. The van der Waals surface area contributed by atoms with E-state index in [9.17, 15) is 18.0 Å². The Morgan fingerprint density at radius 3 is 2.58 bits per heavy atom. The molecule has 0 aliphatic heterocycles. The third-order valence-corrected chi connectivity index (χ3v) is 7.16. The zero-order valence-corrected chi connectivity index (χ0v) is 21.8. The molecule has 4 aromatic rings. The molecule has 0 radical (unpaired) electrons. The zero-order chi connectivity index (χ0) is 27.0. The molecule has 1 aliphatic carbocycles. The molecule has 4 aromatic heterocycles. The normalized spacial score (nSPS) is 14.6. The maximum Gasteiger partial charge on any atom is 0.409 e. The summed E-state index contributed by atoms with van der Waals surface area (Å²) in [5.41, 5.74) is 1.47. The van der Waals surface area contributed by atoms with Crippen LogP contribution in [0.5, 0.6) is 0 Å². The molecule has 0 bridgehead atoms. The molecular formula is C25H25F3N8OS. The van der Waals surface area contributed by atoms with Gasteiger partial charge in [0, 0.05) is 17.0 Å². The number of alkyl halides is 3. The molecule has 0 unspecified atom stereocenters. The monoisotopic (exact) mass is 542 g/mol. The van der Waals surface area contributed by atoms with Crippen molar-refractivity contribution in [1.29, 1.82) is 0 Å². The highest BCUT2D eigenvalue weighted by molar-refractivity contribution is 7.99. The summed E-state index contributed by atoms with van der Waals surface area (Å²) in [6.45, 7) is 4.83. The van der Waals surface area contributed by atoms with Crippen molar-refractivity contribution in [3.63, 3.8) is 0 Å². The van der Waals surface area contributed by atoms with Gasteiger partial charge in [-0.2, -0.15) is 13.2 Å². The van der Waals surface area contributed by atoms with E-state index in [-0.39, 0.29) is 35.3 Å². The molecule has 1 N–H and O–H groups in total. The predicted octanol–water partition coefficient (Wildman–Crippen LogP) is 5.07. The van der Waals surface area contributed by atoms with Crippen LogP contribution in [-0.2, 0) is 6.54 Å². The number of rotatable bonds is 8. The number of pyridine rings is 1. The lowest BCUT2D eigenvalue weighted by molar-refractivity contribution is -0.162. The molecule has 38 heavy (non-hydrogen) atoms. The fraction of sp³-hybridized carbons (Fsp3) is 0.400. The number of hydrogen-bond acceptors (Lipinski definition) is 9. The van der Waals surface area contributed by atoms with Crippen molar-refractivity contribution in [3.05, 3.63) is 58.3 Å². The van der Waals surface area contributed by atoms with Crippen LogP contribution >= 0.6 is 11.8 Å². The Hall–Kier alpha value is -3.61. The van der Waals surface area contributed by atoms with Gasteiger partial charge in [-0.3, -0.25) is 14.3 Å². The van der Waals surface area contributed by atoms with E-state index in [2.05, 4.69) is 35.2 Å². The lowest BCUT2D eigenvalue weighted by Crippen LogP contribution is -2.35. The van der Waals surface area contributed by atoms with Crippen LogP contribution in [0.25, 0.3) is 22.6 Å². The smallest absolute Gasteiger partial charge is 0.360 e. The molecule has 1 saturated carbocycles. The van der Waals surface area contributed by atoms with E-state index >= 15 is 0 Å². The van der Waals surface area contributed by atoms with Crippen molar-refractivity contribution in [2.75, 3.05) is 11.1 Å².